The molecular formula is C25H18ClFN2OS. The fraction of sp³-hybridized carbons (Fsp3) is 0.0800. The van der Waals surface area contributed by atoms with Gasteiger partial charge in [-0.05, 0) is 79.2 Å². The Bertz CT molecular complexity index is 1370. The molecule has 5 aromatic rings. The van der Waals surface area contributed by atoms with Gasteiger partial charge in [0.15, 0.2) is 0 Å². The van der Waals surface area contributed by atoms with Crippen LogP contribution in [0, 0.1) is 12.7 Å². The van der Waals surface area contributed by atoms with E-state index < -0.39 is 5.82 Å². The van der Waals surface area contributed by atoms with E-state index >= 15 is 0 Å². The molecule has 154 valence electrons. The van der Waals surface area contributed by atoms with Crippen LogP contribution in [0.2, 0.25) is 5.02 Å². The molecule has 31 heavy (non-hydrogen) atoms. The summed E-state index contributed by atoms with van der Waals surface area (Å²) < 4.78 is 20.4. The average Bonchev–Trinajstić information content (AvgIpc) is 3.41. The van der Waals surface area contributed by atoms with Crippen LogP contribution < -0.4 is 5.32 Å². The number of rotatable bonds is 5. The Morgan fingerprint density at radius 2 is 1.77 bits per heavy atom. The van der Waals surface area contributed by atoms with Gasteiger partial charge in [0.1, 0.15) is 22.3 Å². The summed E-state index contributed by atoms with van der Waals surface area (Å²) in [4.78, 5) is 4.74. The Morgan fingerprint density at radius 3 is 2.58 bits per heavy atom. The molecule has 0 fully saturated rings. The molecule has 0 atom stereocenters. The van der Waals surface area contributed by atoms with E-state index in [2.05, 4.69) is 42.6 Å². The molecule has 0 radical (unpaired) electrons. The number of furan rings is 1. The number of anilines is 1. The number of hydrogen-bond acceptors (Lipinski definition) is 4. The molecule has 0 aliphatic carbocycles. The number of aromatic nitrogens is 1. The van der Waals surface area contributed by atoms with Crippen molar-refractivity contribution < 1.29 is 8.81 Å². The van der Waals surface area contributed by atoms with E-state index in [9.17, 15) is 4.39 Å². The fourth-order valence-corrected chi connectivity index (χ4v) is 4.60. The maximum atomic E-state index is 13.4. The van der Waals surface area contributed by atoms with E-state index in [0.29, 0.717) is 12.3 Å². The molecule has 0 aliphatic rings. The second-order valence-electron chi connectivity index (χ2n) is 7.32. The van der Waals surface area contributed by atoms with Crippen molar-refractivity contribution in [3.63, 3.8) is 0 Å². The third kappa shape index (κ3) is 4.20. The van der Waals surface area contributed by atoms with Gasteiger partial charge in [0, 0.05) is 16.8 Å². The number of benzene rings is 3. The minimum Gasteiger partial charge on any atom is -0.459 e. The smallest absolute Gasteiger partial charge is 0.141 e. The first-order chi connectivity index (χ1) is 15.0. The van der Waals surface area contributed by atoms with Crippen LogP contribution in [0.1, 0.15) is 11.3 Å². The summed E-state index contributed by atoms with van der Waals surface area (Å²) in [6.45, 7) is 2.63. The van der Waals surface area contributed by atoms with Crippen LogP contribution in [0.25, 0.3) is 32.1 Å². The van der Waals surface area contributed by atoms with Gasteiger partial charge in [-0.2, -0.15) is 0 Å². The van der Waals surface area contributed by atoms with Crippen molar-refractivity contribution in [1.82, 2.24) is 4.98 Å². The monoisotopic (exact) mass is 448 g/mol. The van der Waals surface area contributed by atoms with Crippen LogP contribution in [-0.4, -0.2) is 4.98 Å². The average molecular weight is 449 g/mol. The number of halogens is 2. The predicted octanol–water partition coefficient (Wildman–Crippen LogP) is 7.94. The zero-order chi connectivity index (χ0) is 21.4. The molecule has 3 nitrogen and oxygen atoms in total. The molecule has 6 heteroatoms. The molecule has 0 saturated heterocycles. The van der Waals surface area contributed by atoms with Gasteiger partial charge in [-0.15, -0.1) is 11.3 Å². The van der Waals surface area contributed by atoms with Gasteiger partial charge in [0.05, 0.1) is 21.8 Å². The Morgan fingerprint density at radius 1 is 0.968 bits per heavy atom. The topological polar surface area (TPSA) is 38.1 Å². The first kappa shape index (κ1) is 19.8. The van der Waals surface area contributed by atoms with Gasteiger partial charge in [0.25, 0.3) is 0 Å². The standard InChI is InChI=1S/C25H18ClFN2OS/c1-15-2-10-22-24(12-15)31-25(29-22)16-3-6-18(7-4-16)28-14-19-8-11-23(30-19)17-5-9-21(27)20(26)13-17/h2-13,28H,14H2,1H3. The Hall–Kier alpha value is -3.15. The van der Waals surface area contributed by atoms with Crippen LogP contribution in [-0.2, 0) is 6.54 Å². The maximum Gasteiger partial charge on any atom is 0.141 e. The lowest BCUT2D eigenvalue weighted by atomic mass is 10.2. The number of nitrogens with one attached hydrogen (secondary N) is 1. The third-order valence-electron chi connectivity index (χ3n) is 5.01. The van der Waals surface area contributed by atoms with Gasteiger partial charge >= 0.3 is 0 Å². The lowest BCUT2D eigenvalue weighted by Crippen LogP contribution is -1.97. The molecular weight excluding hydrogens is 431 g/mol. The van der Waals surface area contributed by atoms with Gasteiger partial charge in [-0.1, -0.05) is 17.7 Å². The maximum absolute atomic E-state index is 13.4. The van der Waals surface area contributed by atoms with E-state index in [1.165, 1.54) is 16.3 Å². The molecule has 2 heterocycles. The second-order valence-corrected chi connectivity index (χ2v) is 8.75. The summed E-state index contributed by atoms with van der Waals surface area (Å²) in [7, 11) is 0. The Balaban J connectivity index is 1.27. The van der Waals surface area contributed by atoms with Crippen LogP contribution in [0.5, 0.6) is 0 Å². The summed E-state index contributed by atoms with van der Waals surface area (Å²) in [5.74, 6) is 0.990. The van der Waals surface area contributed by atoms with Crippen LogP contribution >= 0.6 is 22.9 Å². The predicted molar refractivity (Wildman–Crippen MR) is 126 cm³/mol. The summed E-state index contributed by atoms with van der Waals surface area (Å²) in [6.07, 6.45) is 0. The van der Waals surface area contributed by atoms with Crippen molar-refractivity contribution >= 4 is 38.8 Å². The normalized spacial score (nSPS) is 11.2. The van der Waals surface area contributed by atoms with Crippen molar-refractivity contribution in [2.45, 2.75) is 13.5 Å². The van der Waals surface area contributed by atoms with Crippen LogP contribution in [0.4, 0.5) is 10.1 Å². The zero-order valence-electron chi connectivity index (χ0n) is 16.7. The number of fused-ring (bicyclic) bond motifs is 1. The highest BCUT2D eigenvalue weighted by molar-refractivity contribution is 7.21. The summed E-state index contributed by atoms with van der Waals surface area (Å²) in [5.41, 5.74) is 5.10. The number of thiazole rings is 1. The molecule has 2 aromatic heterocycles. The second kappa shape index (κ2) is 8.17. The Kier molecular flexibility index (Phi) is 5.22. The molecule has 0 aliphatic heterocycles. The van der Waals surface area contributed by atoms with Crippen LogP contribution in [0.3, 0.4) is 0 Å². The van der Waals surface area contributed by atoms with E-state index in [0.717, 1.165) is 33.1 Å². The number of hydrogen-bond donors (Lipinski definition) is 1. The molecule has 0 bridgehead atoms. The molecule has 1 N–H and O–H groups in total. The molecule has 5 rings (SSSR count). The van der Waals surface area contributed by atoms with Crippen molar-refractivity contribution in [3.8, 4) is 21.9 Å². The number of aryl methyl sites for hydroxylation is 1. The summed E-state index contributed by atoms with van der Waals surface area (Å²) >= 11 is 7.57. The van der Waals surface area contributed by atoms with Crippen molar-refractivity contribution in [3.05, 3.63) is 95.0 Å². The highest BCUT2D eigenvalue weighted by atomic mass is 35.5. The fourth-order valence-electron chi connectivity index (χ4n) is 3.35. The first-order valence-corrected chi connectivity index (χ1v) is 11.0. The van der Waals surface area contributed by atoms with Crippen molar-refractivity contribution in [2.75, 3.05) is 5.32 Å². The van der Waals surface area contributed by atoms with Crippen molar-refractivity contribution in [1.29, 1.82) is 0 Å². The molecule has 0 spiro atoms. The van der Waals surface area contributed by atoms with E-state index in [4.69, 9.17) is 21.0 Å². The summed E-state index contributed by atoms with van der Waals surface area (Å²) in [5, 5.41) is 4.46. The molecule has 0 amide bonds. The zero-order valence-corrected chi connectivity index (χ0v) is 18.2. The van der Waals surface area contributed by atoms with E-state index in [1.807, 2.05) is 24.3 Å². The van der Waals surface area contributed by atoms with Gasteiger partial charge < -0.3 is 9.73 Å². The molecule has 0 unspecified atom stereocenters. The SMILES string of the molecule is Cc1ccc2nc(-c3ccc(NCc4ccc(-c5ccc(F)c(Cl)c5)o4)cc3)sc2c1. The number of nitrogens with zero attached hydrogens (tertiary/aromatic N) is 1. The van der Waals surface area contributed by atoms with Gasteiger partial charge in [-0.25, -0.2) is 9.37 Å². The Labute approximate surface area is 188 Å². The molecule has 0 saturated carbocycles. The third-order valence-corrected chi connectivity index (χ3v) is 6.37. The van der Waals surface area contributed by atoms with E-state index in [1.54, 1.807) is 23.5 Å². The first-order valence-electron chi connectivity index (χ1n) is 9.81. The molecule has 3 aromatic carbocycles. The van der Waals surface area contributed by atoms with E-state index in [-0.39, 0.29) is 5.02 Å². The minimum absolute atomic E-state index is 0.0805. The highest BCUT2D eigenvalue weighted by Crippen LogP contribution is 2.31. The van der Waals surface area contributed by atoms with Crippen LogP contribution in [0.15, 0.2) is 77.2 Å². The summed E-state index contributed by atoms with van der Waals surface area (Å²) in [6, 6.07) is 22.9. The van der Waals surface area contributed by atoms with Gasteiger partial charge in [0.2, 0.25) is 0 Å². The lowest BCUT2D eigenvalue weighted by Gasteiger charge is -2.05. The lowest BCUT2D eigenvalue weighted by molar-refractivity contribution is 0.531. The van der Waals surface area contributed by atoms with Crippen molar-refractivity contribution in [2.24, 2.45) is 0 Å². The minimum atomic E-state index is -0.441. The van der Waals surface area contributed by atoms with Gasteiger partial charge in [-0.3, -0.25) is 0 Å². The quantitative estimate of drug-likeness (QED) is 0.296. The highest BCUT2D eigenvalue weighted by Gasteiger charge is 2.09. The largest absolute Gasteiger partial charge is 0.459 e.